The van der Waals surface area contributed by atoms with Gasteiger partial charge in [-0.25, -0.2) is 0 Å². The average Bonchev–Trinajstić information content (AvgIpc) is 3.71. The minimum atomic E-state index is 0.174. The highest BCUT2D eigenvalue weighted by molar-refractivity contribution is 14.1. The lowest BCUT2D eigenvalue weighted by atomic mass is 9.77. The van der Waals surface area contributed by atoms with Crippen molar-refractivity contribution in [2.45, 2.75) is 31.7 Å². The number of furan rings is 1. The van der Waals surface area contributed by atoms with Gasteiger partial charge in [0, 0.05) is 39.2 Å². The maximum absolute atomic E-state index is 6.54. The van der Waals surface area contributed by atoms with Crippen LogP contribution < -0.4 is 0 Å². The summed E-state index contributed by atoms with van der Waals surface area (Å²) in [4.78, 5) is 4.94. The number of allylic oxidation sites excluding steroid dienone is 5. The van der Waals surface area contributed by atoms with Crippen molar-refractivity contribution in [3.05, 3.63) is 168 Å². The summed E-state index contributed by atoms with van der Waals surface area (Å²) in [6.45, 7) is 3.07. The van der Waals surface area contributed by atoms with Gasteiger partial charge in [-0.1, -0.05) is 122 Å². The van der Waals surface area contributed by atoms with Crippen LogP contribution >= 0.6 is 22.6 Å². The molecule has 9 rings (SSSR count). The second kappa shape index (κ2) is 12.5. The predicted octanol–water partition coefficient (Wildman–Crippen LogP) is 12.6. The van der Waals surface area contributed by atoms with Crippen LogP contribution in [0.2, 0.25) is 0 Å². The lowest BCUT2D eigenvalue weighted by Gasteiger charge is -2.26. The molecule has 3 nitrogen and oxygen atoms in total. The van der Waals surface area contributed by atoms with Crippen molar-refractivity contribution in [3.63, 3.8) is 0 Å². The molecule has 0 fully saturated rings. The van der Waals surface area contributed by atoms with Crippen LogP contribution in [0.3, 0.4) is 0 Å². The molecule has 4 heteroatoms. The number of aliphatic imine (C=N–C) groups is 1. The summed E-state index contributed by atoms with van der Waals surface area (Å²) in [6, 6.07) is 41.6. The van der Waals surface area contributed by atoms with Crippen LogP contribution in [0, 0.1) is 5.92 Å². The zero-order valence-corrected chi connectivity index (χ0v) is 29.4. The topological polar surface area (TPSA) is 30.4 Å². The van der Waals surface area contributed by atoms with E-state index < -0.39 is 0 Å². The molecule has 0 N–H and O–H groups in total. The Hall–Kier alpha value is -4.94. The minimum Gasteiger partial charge on any atom is -0.456 e. The minimum absolute atomic E-state index is 0.174. The van der Waals surface area contributed by atoms with Crippen LogP contribution in [0.4, 0.5) is 0 Å². The summed E-state index contributed by atoms with van der Waals surface area (Å²) in [5, 5.41) is 3.65. The predicted molar refractivity (Wildman–Crippen MR) is 214 cm³/mol. The van der Waals surface area contributed by atoms with Crippen LogP contribution in [0.5, 0.6) is 0 Å². The van der Waals surface area contributed by atoms with Crippen LogP contribution in [-0.4, -0.2) is 8.29 Å². The molecule has 2 heterocycles. The Bertz CT molecular complexity index is 2480. The van der Waals surface area contributed by atoms with Crippen molar-refractivity contribution in [2.75, 3.05) is 0 Å². The van der Waals surface area contributed by atoms with E-state index in [9.17, 15) is 0 Å². The number of rotatable bonds is 6. The van der Waals surface area contributed by atoms with Gasteiger partial charge >= 0.3 is 0 Å². The van der Waals surface area contributed by atoms with Gasteiger partial charge in [0.05, 0.1) is 21.5 Å². The van der Waals surface area contributed by atoms with E-state index in [0.29, 0.717) is 12.5 Å². The number of benzene rings is 5. The van der Waals surface area contributed by atoms with Crippen molar-refractivity contribution in [2.24, 2.45) is 10.9 Å². The molecule has 3 unspecified atom stereocenters. The van der Waals surface area contributed by atoms with Crippen LogP contribution in [0.25, 0.3) is 55.7 Å². The lowest BCUT2D eigenvalue weighted by molar-refractivity contribution is 0.632. The summed E-state index contributed by atoms with van der Waals surface area (Å²) >= 11 is 2.41. The first-order valence-corrected chi connectivity index (χ1v) is 18.2. The number of halogens is 1. The molecular formula is C45H35IN2O. The second-order valence-electron chi connectivity index (χ2n) is 13.2. The zero-order valence-electron chi connectivity index (χ0n) is 27.3. The maximum Gasteiger partial charge on any atom is 0.139 e. The monoisotopic (exact) mass is 746 g/mol. The quantitative estimate of drug-likeness (QED) is 0.123. The Morgan fingerprint density at radius 2 is 1.61 bits per heavy atom. The Balaban J connectivity index is 1.14. The van der Waals surface area contributed by atoms with Gasteiger partial charge < -0.3 is 8.98 Å². The molecule has 0 aliphatic heterocycles. The summed E-state index contributed by atoms with van der Waals surface area (Å²) in [6.07, 6.45) is 14.5. The van der Waals surface area contributed by atoms with Gasteiger partial charge in [-0.05, 0) is 93.6 Å². The summed E-state index contributed by atoms with van der Waals surface area (Å²) in [7, 11) is 0. The number of aromatic nitrogens is 1. The molecule has 2 aliphatic carbocycles. The molecule has 0 saturated heterocycles. The Morgan fingerprint density at radius 3 is 2.45 bits per heavy atom. The molecular weight excluding hydrogens is 711 g/mol. The standard InChI is InChI=1S/C45H35IN2O/c1-29-35(37-16-10-17-38-36-15-8-9-18-42(36)49-44(37)38)24-26-41-43(29)39-27-33(31-11-4-2-5-12-31)21-25-40(39)48(41)34-22-19-30(20-23-34)28-47-45(46)32-13-6-3-7-14-32/h2-13,15-27,29,32,35H,14,28H2,1H3/b47-45-. The molecule has 3 atom stereocenters. The third kappa shape index (κ3) is 5.30. The Labute approximate surface area is 300 Å². The molecule has 0 amide bonds. The third-order valence-corrected chi connectivity index (χ3v) is 11.4. The molecule has 0 bridgehead atoms. The van der Waals surface area contributed by atoms with E-state index in [-0.39, 0.29) is 11.8 Å². The average molecular weight is 747 g/mol. The molecule has 7 aromatic rings. The highest BCUT2D eigenvalue weighted by atomic mass is 127. The van der Waals surface area contributed by atoms with Crippen molar-refractivity contribution >= 4 is 65.2 Å². The molecule has 0 saturated carbocycles. The second-order valence-corrected chi connectivity index (χ2v) is 14.3. The van der Waals surface area contributed by atoms with Gasteiger partial charge in [-0.15, -0.1) is 0 Å². The molecule has 238 valence electrons. The van der Waals surface area contributed by atoms with E-state index in [1.807, 2.05) is 6.07 Å². The van der Waals surface area contributed by atoms with E-state index in [0.717, 1.165) is 27.0 Å². The molecule has 5 aromatic carbocycles. The van der Waals surface area contributed by atoms with Gasteiger partial charge in [-0.3, -0.25) is 4.99 Å². The van der Waals surface area contributed by atoms with Gasteiger partial charge in [0.1, 0.15) is 11.2 Å². The fraction of sp³-hybridized carbons (Fsp3) is 0.133. The summed E-state index contributed by atoms with van der Waals surface area (Å²) in [5.41, 5.74) is 11.9. The van der Waals surface area contributed by atoms with Crippen LogP contribution in [-0.2, 0) is 6.54 Å². The number of hydrogen-bond donors (Lipinski definition) is 0. The largest absolute Gasteiger partial charge is 0.456 e. The lowest BCUT2D eigenvalue weighted by Crippen LogP contribution is -2.12. The van der Waals surface area contributed by atoms with Crippen molar-refractivity contribution in [1.29, 1.82) is 0 Å². The van der Waals surface area contributed by atoms with Crippen molar-refractivity contribution in [3.8, 4) is 16.8 Å². The highest BCUT2D eigenvalue weighted by Crippen LogP contribution is 2.48. The van der Waals surface area contributed by atoms with Crippen LogP contribution in [0.15, 0.2) is 155 Å². The maximum atomic E-state index is 6.54. The number of para-hydroxylation sites is 2. The molecule has 49 heavy (non-hydrogen) atoms. The molecule has 2 aliphatic rings. The summed E-state index contributed by atoms with van der Waals surface area (Å²) in [5.74, 6) is 0.793. The van der Waals surface area contributed by atoms with E-state index in [1.165, 1.54) is 55.2 Å². The normalized spacial score (nSPS) is 18.9. The summed E-state index contributed by atoms with van der Waals surface area (Å²) < 4.78 is 10.1. The Morgan fingerprint density at radius 1 is 0.796 bits per heavy atom. The first-order valence-electron chi connectivity index (χ1n) is 17.1. The highest BCUT2D eigenvalue weighted by Gasteiger charge is 2.31. The van der Waals surface area contributed by atoms with Crippen LogP contribution in [0.1, 0.15) is 47.6 Å². The fourth-order valence-corrected chi connectivity index (χ4v) is 8.44. The molecule has 0 spiro atoms. The first-order chi connectivity index (χ1) is 24.1. The SMILES string of the molecule is CC1c2c(n(-c3ccc(C/N=C(\I)C4C=CC=CC4)cc3)c3ccc(-c4ccccc4)cc23)C=CC1c1cccc2c1oc1ccccc12. The van der Waals surface area contributed by atoms with Gasteiger partial charge in [0.25, 0.3) is 0 Å². The number of nitrogens with zero attached hydrogens (tertiary/aromatic N) is 2. The smallest absolute Gasteiger partial charge is 0.139 e. The molecule has 2 aromatic heterocycles. The van der Waals surface area contributed by atoms with E-state index >= 15 is 0 Å². The number of fused-ring (bicyclic) bond motifs is 6. The van der Waals surface area contributed by atoms with E-state index in [2.05, 4.69) is 180 Å². The van der Waals surface area contributed by atoms with Crippen molar-refractivity contribution in [1.82, 2.24) is 4.57 Å². The fourth-order valence-electron chi connectivity index (χ4n) is 7.80. The van der Waals surface area contributed by atoms with Gasteiger partial charge in [0.2, 0.25) is 0 Å². The van der Waals surface area contributed by atoms with Crippen molar-refractivity contribution < 1.29 is 4.42 Å². The van der Waals surface area contributed by atoms with E-state index in [4.69, 9.17) is 9.41 Å². The first kappa shape index (κ1) is 30.1. The Kier molecular flexibility index (Phi) is 7.69. The molecule has 0 radical (unpaired) electrons. The van der Waals surface area contributed by atoms with Gasteiger partial charge in [-0.2, -0.15) is 0 Å². The zero-order chi connectivity index (χ0) is 32.9. The van der Waals surface area contributed by atoms with Gasteiger partial charge in [0.15, 0.2) is 0 Å². The van der Waals surface area contributed by atoms with E-state index in [1.54, 1.807) is 0 Å². The number of hydrogen-bond acceptors (Lipinski definition) is 2. The third-order valence-electron chi connectivity index (χ3n) is 10.3.